The molecule has 0 saturated carbocycles. The van der Waals surface area contributed by atoms with E-state index < -0.39 is 5.92 Å². The van der Waals surface area contributed by atoms with Crippen molar-refractivity contribution in [3.05, 3.63) is 77.0 Å². The van der Waals surface area contributed by atoms with Crippen molar-refractivity contribution in [2.75, 3.05) is 0 Å². The number of H-pyrrole nitrogens is 4. The fourth-order valence-electron chi connectivity index (χ4n) is 2.80. The number of aryl methyl sites for hydroxylation is 2. The van der Waals surface area contributed by atoms with E-state index in [1.165, 1.54) is 0 Å². The van der Waals surface area contributed by atoms with Crippen LogP contribution in [0.25, 0.3) is 0 Å². The summed E-state index contributed by atoms with van der Waals surface area (Å²) in [6.45, 7) is 3.52. The molecule has 1 aromatic carbocycles. The van der Waals surface area contributed by atoms with Crippen molar-refractivity contribution in [2.45, 2.75) is 19.8 Å². The van der Waals surface area contributed by atoms with E-state index in [1.54, 1.807) is 32.0 Å². The third-order valence-corrected chi connectivity index (χ3v) is 4.73. The second-order valence-electron chi connectivity index (χ2n) is 5.31. The fraction of sp³-hybridized carbons (Fsp3) is 0.200. The third-order valence-electron chi connectivity index (χ3n) is 3.89. The van der Waals surface area contributed by atoms with Crippen LogP contribution in [0.2, 0.25) is 10.0 Å². The van der Waals surface area contributed by atoms with Crippen LogP contribution in [0.1, 0.15) is 34.0 Å². The molecule has 8 heteroatoms. The number of nitrogens with one attached hydrogen (secondary N) is 4. The molecule has 0 fully saturated rings. The molecule has 0 unspecified atom stereocenters. The van der Waals surface area contributed by atoms with Crippen LogP contribution in [0, 0.1) is 13.8 Å². The van der Waals surface area contributed by atoms with Crippen LogP contribution in [-0.4, -0.2) is 20.4 Å². The van der Waals surface area contributed by atoms with Gasteiger partial charge in [0, 0.05) is 11.4 Å². The van der Waals surface area contributed by atoms with Gasteiger partial charge in [0.2, 0.25) is 0 Å². The summed E-state index contributed by atoms with van der Waals surface area (Å²) in [7, 11) is 0. The maximum Gasteiger partial charge on any atom is 0.268 e. The molecular formula is C15H14Cl2N4O2. The van der Waals surface area contributed by atoms with Crippen LogP contribution >= 0.6 is 23.2 Å². The smallest absolute Gasteiger partial charge is 0.268 e. The van der Waals surface area contributed by atoms with Gasteiger partial charge in [-0.3, -0.25) is 19.8 Å². The van der Waals surface area contributed by atoms with Crippen molar-refractivity contribution in [3.8, 4) is 0 Å². The summed E-state index contributed by atoms with van der Waals surface area (Å²) in [5.41, 5.74) is 2.13. The first-order valence-corrected chi connectivity index (χ1v) is 7.65. The number of aromatic nitrogens is 4. The van der Waals surface area contributed by atoms with Gasteiger partial charge < -0.3 is 10.2 Å². The van der Waals surface area contributed by atoms with Crippen LogP contribution in [0.15, 0.2) is 27.8 Å². The largest absolute Gasteiger partial charge is 0.302 e. The molecule has 3 rings (SSSR count). The molecule has 2 heterocycles. The predicted octanol–water partition coefficient (Wildman–Crippen LogP) is 2.82. The Labute approximate surface area is 140 Å². The van der Waals surface area contributed by atoms with Gasteiger partial charge >= 0.3 is 0 Å². The van der Waals surface area contributed by atoms with E-state index in [0.29, 0.717) is 38.1 Å². The number of hydrogen-bond acceptors (Lipinski definition) is 2. The Morgan fingerprint density at radius 2 is 1.39 bits per heavy atom. The van der Waals surface area contributed by atoms with Crippen LogP contribution in [0.5, 0.6) is 0 Å². The molecule has 3 aromatic rings. The number of halogens is 2. The van der Waals surface area contributed by atoms with Gasteiger partial charge in [-0.2, -0.15) is 0 Å². The lowest BCUT2D eigenvalue weighted by Gasteiger charge is -2.17. The van der Waals surface area contributed by atoms with E-state index in [0.717, 1.165) is 0 Å². The Morgan fingerprint density at radius 3 is 1.83 bits per heavy atom. The van der Waals surface area contributed by atoms with Gasteiger partial charge in [0.1, 0.15) is 0 Å². The normalized spacial score (nSPS) is 11.3. The first-order chi connectivity index (χ1) is 10.9. The molecule has 0 saturated heterocycles. The number of benzene rings is 1. The van der Waals surface area contributed by atoms with Crippen LogP contribution in [0.3, 0.4) is 0 Å². The minimum atomic E-state index is -0.633. The molecule has 120 valence electrons. The van der Waals surface area contributed by atoms with E-state index in [4.69, 9.17) is 23.2 Å². The van der Waals surface area contributed by atoms with Gasteiger partial charge in [-0.25, -0.2) is 0 Å². The molecule has 23 heavy (non-hydrogen) atoms. The standard InChI is InChI=1S/C15H14Cl2N4O2/c1-6-10(14(22)20-18-6)12(11-7(2)19-21-15(11)23)8-4-3-5-9(16)13(8)17/h3-5,12H,1-2H3,(H2,18,20,22)(H2,19,21,23). The molecule has 0 spiro atoms. The zero-order chi connectivity index (χ0) is 16.7. The van der Waals surface area contributed by atoms with Crippen molar-refractivity contribution in [2.24, 2.45) is 0 Å². The first-order valence-electron chi connectivity index (χ1n) is 6.90. The SMILES string of the molecule is Cc1[nH][nH]c(=O)c1C(c1cccc(Cl)c1Cl)c1c(C)[nH][nH]c1=O. The zero-order valence-electron chi connectivity index (χ0n) is 12.4. The van der Waals surface area contributed by atoms with E-state index in [2.05, 4.69) is 20.4 Å². The lowest BCUT2D eigenvalue weighted by molar-refractivity contribution is 0.931. The minimum absolute atomic E-state index is 0.302. The van der Waals surface area contributed by atoms with Crippen molar-refractivity contribution >= 4 is 23.2 Å². The first kappa shape index (κ1) is 15.7. The number of rotatable bonds is 3. The Kier molecular flexibility index (Phi) is 3.95. The highest BCUT2D eigenvalue weighted by atomic mass is 35.5. The highest BCUT2D eigenvalue weighted by molar-refractivity contribution is 6.42. The highest BCUT2D eigenvalue weighted by Crippen LogP contribution is 2.37. The van der Waals surface area contributed by atoms with Crippen LogP contribution in [-0.2, 0) is 0 Å². The lowest BCUT2D eigenvalue weighted by Crippen LogP contribution is -2.20. The Bertz CT molecular complexity index is 926. The minimum Gasteiger partial charge on any atom is -0.302 e. The maximum atomic E-state index is 12.3. The average Bonchev–Trinajstić information content (AvgIpc) is 3.01. The van der Waals surface area contributed by atoms with Crippen molar-refractivity contribution < 1.29 is 0 Å². The topological polar surface area (TPSA) is 97.3 Å². The molecule has 2 aromatic heterocycles. The maximum absolute atomic E-state index is 12.3. The van der Waals surface area contributed by atoms with E-state index in [1.807, 2.05) is 0 Å². The van der Waals surface area contributed by atoms with Crippen molar-refractivity contribution in [1.82, 2.24) is 20.4 Å². The molecule has 0 atom stereocenters. The van der Waals surface area contributed by atoms with Gasteiger partial charge in [0.15, 0.2) is 0 Å². The number of hydrogen-bond donors (Lipinski definition) is 4. The number of aromatic amines is 4. The Morgan fingerprint density at radius 1 is 0.870 bits per heavy atom. The average molecular weight is 353 g/mol. The summed E-state index contributed by atoms with van der Waals surface area (Å²) in [4.78, 5) is 24.6. The second kappa shape index (κ2) is 5.79. The molecule has 4 N–H and O–H groups in total. The quantitative estimate of drug-likeness (QED) is 0.582. The summed E-state index contributed by atoms with van der Waals surface area (Å²) in [6.07, 6.45) is 0. The zero-order valence-corrected chi connectivity index (χ0v) is 13.9. The van der Waals surface area contributed by atoms with E-state index >= 15 is 0 Å². The van der Waals surface area contributed by atoms with Gasteiger partial charge in [-0.05, 0) is 25.5 Å². The van der Waals surface area contributed by atoms with Gasteiger partial charge in [0.25, 0.3) is 11.1 Å². The van der Waals surface area contributed by atoms with E-state index in [9.17, 15) is 9.59 Å². The van der Waals surface area contributed by atoms with Crippen LogP contribution in [0.4, 0.5) is 0 Å². The highest BCUT2D eigenvalue weighted by Gasteiger charge is 2.29. The summed E-state index contributed by atoms with van der Waals surface area (Å²) < 4.78 is 0. The molecule has 0 amide bonds. The Hall–Kier alpha value is -2.18. The van der Waals surface area contributed by atoms with Gasteiger partial charge in [0.05, 0.1) is 27.1 Å². The van der Waals surface area contributed by atoms with E-state index in [-0.39, 0.29) is 11.1 Å². The second-order valence-corrected chi connectivity index (χ2v) is 6.10. The van der Waals surface area contributed by atoms with Gasteiger partial charge in [-0.1, -0.05) is 35.3 Å². The molecule has 0 aliphatic carbocycles. The van der Waals surface area contributed by atoms with Gasteiger partial charge in [-0.15, -0.1) is 0 Å². The lowest BCUT2D eigenvalue weighted by atomic mass is 9.85. The summed E-state index contributed by atoms with van der Waals surface area (Å²) in [5.74, 6) is -0.633. The molecule has 0 radical (unpaired) electrons. The summed E-state index contributed by atoms with van der Waals surface area (Å²) >= 11 is 12.5. The molecule has 6 nitrogen and oxygen atoms in total. The molecule has 0 aliphatic rings. The van der Waals surface area contributed by atoms with Crippen LogP contribution < -0.4 is 11.1 Å². The summed E-state index contributed by atoms with van der Waals surface area (Å²) in [6, 6.07) is 5.16. The molecule has 0 bridgehead atoms. The summed E-state index contributed by atoms with van der Waals surface area (Å²) in [5, 5.41) is 11.3. The molecule has 0 aliphatic heterocycles. The monoisotopic (exact) mass is 352 g/mol. The van der Waals surface area contributed by atoms with Crippen molar-refractivity contribution in [3.63, 3.8) is 0 Å². The Balaban J connectivity index is 2.39. The molecular weight excluding hydrogens is 339 g/mol. The third kappa shape index (κ3) is 2.54. The fourth-order valence-corrected chi connectivity index (χ4v) is 3.22. The van der Waals surface area contributed by atoms with Crippen molar-refractivity contribution in [1.29, 1.82) is 0 Å². The predicted molar refractivity (Wildman–Crippen MR) is 89.7 cm³/mol.